The topological polar surface area (TPSA) is 206 Å². The molecule has 5 rings (SSSR count). The fourth-order valence-corrected chi connectivity index (χ4v) is 7.04. The first-order valence-electron chi connectivity index (χ1n) is 13.5. The maximum atomic E-state index is 14.1. The summed E-state index contributed by atoms with van der Waals surface area (Å²) in [5.74, 6) is -8.10. The van der Waals surface area contributed by atoms with E-state index in [-0.39, 0.29) is 47.3 Å². The fraction of sp³-hybridized carbons (Fsp3) is 0.500. The Labute approximate surface area is 246 Å². The van der Waals surface area contributed by atoms with E-state index in [4.69, 9.17) is 17.3 Å². The number of nitrogens with one attached hydrogen (secondary N) is 2. The minimum absolute atomic E-state index is 0.0125. The number of allylic oxidation sites excluding steroid dienone is 1. The van der Waals surface area contributed by atoms with Gasteiger partial charge >= 0.3 is 0 Å². The molecule has 4 atom stereocenters. The molecule has 1 aromatic rings. The summed E-state index contributed by atoms with van der Waals surface area (Å²) in [7, 11) is 6.49. The number of fused-ring (bicyclic) bond motifs is 3. The molecule has 8 N–H and O–H groups in total. The van der Waals surface area contributed by atoms with E-state index in [9.17, 15) is 39.6 Å². The Bertz CT molecular complexity index is 1500. The Morgan fingerprint density at radius 3 is 2.31 bits per heavy atom. The van der Waals surface area contributed by atoms with E-state index in [0.29, 0.717) is 11.3 Å². The number of benzene rings is 1. The smallest absolute Gasteiger partial charge is 0.255 e. The van der Waals surface area contributed by atoms with Crippen molar-refractivity contribution in [3.8, 4) is 5.75 Å². The molecule has 2 unspecified atom stereocenters. The molecule has 1 fully saturated rings. The van der Waals surface area contributed by atoms with Gasteiger partial charge in [0.2, 0.25) is 11.7 Å². The molecule has 0 spiro atoms. The zero-order valence-electron chi connectivity index (χ0n) is 23.6. The largest absolute Gasteiger partial charge is 0.510 e. The van der Waals surface area contributed by atoms with Crippen LogP contribution in [0.1, 0.15) is 35.2 Å². The zero-order chi connectivity index (χ0) is 31.0. The monoisotopic (exact) mass is 603 g/mol. The lowest BCUT2D eigenvalue weighted by atomic mass is 9.58. The molecular formula is C28H34ClN5O8. The maximum Gasteiger partial charge on any atom is 0.255 e. The number of amides is 2. The number of aromatic hydroxyl groups is 1. The molecule has 2 amide bonds. The van der Waals surface area contributed by atoms with Crippen LogP contribution in [0, 0.1) is 11.8 Å². The van der Waals surface area contributed by atoms with Crippen molar-refractivity contribution in [2.24, 2.45) is 17.6 Å². The van der Waals surface area contributed by atoms with Crippen LogP contribution in [0.2, 0.25) is 5.02 Å². The second-order valence-corrected chi connectivity index (χ2v) is 12.2. The average Bonchev–Trinajstić information content (AvgIpc) is 3.71. The number of carbonyl (C=O) groups is 4. The number of phenols is 1. The first-order valence-corrected chi connectivity index (χ1v) is 13.9. The number of rotatable bonds is 7. The van der Waals surface area contributed by atoms with Gasteiger partial charge in [0.15, 0.2) is 17.1 Å². The molecule has 0 aromatic heterocycles. The lowest BCUT2D eigenvalue weighted by molar-refractivity contribution is -0.148. The van der Waals surface area contributed by atoms with Crippen LogP contribution in [0.4, 0.5) is 11.4 Å². The number of likely N-dealkylation sites (N-methyl/N-ethyl adjacent to an activating group) is 1. The second kappa shape index (κ2) is 10.3. The van der Waals surface area contributed by atoms with Gasteiger partial charge in [-0.15, -0.1) is 0 Å². The Balaban J connectivity index is 1.66. The summed E-state index contributed by atoms with van der Waals surface area (Å²) >= 11 is 6.71. The summed E-state index contributed by atoms with van der Waals surface area (Å²) in [6, 6.07) is -0.848. The molecule has 4 aliphatic rings. The number of ketones is 2. The van der Waals surface area contributed by atoms with Gasteiger partial charge in [-0.1, -0.05) is 11.6 Å². The molecule has 4 aliphatic carbocycles. The SMILES string of the molecule is CN(C)c1c(Cl)c(NC(=O)CNC2CC2)c(O)c2c1CC1CC3[C@H](N(C)C)C(O)=C(C(N)=O)C(=O)[C@@]3(O)C(O)=C1C2=O. The van der Waals surface area contributed by atoms with Crippen LogP contribution >= 0.6 is 11.6 Å². The van der Waals surface area contributed by atoms with Crippen LogP contribution in [0.5, 0.6) is 5.75 Å². The number of primary amides is 1. The molecule has 14 heteroatoms. The molecule has 1 saturated carbocycles. The van der Waals surface area contributed by atoms with E-state index >= 15 is 0 Å². The minimum atomic E-state index is -2.75. The number of aliphatic hydroxyl groups is 3. The Morgan fingerprint density at radius 1 is 1.12 bits per heavy atom. The number of hydrogen-bond donors (Lipinski definition) is 7. The summed E-state index contributed by atoms with van der Waals surface area (Å²) in [6.07, 6.45) is 1.92. The molecule has 0 aliphatic heterocycles. The van der Waals surface area contributed by atoms with Crippen molar-refractivity contribution in [3.05, 3.63) is 38.8 Å². The normalized spacial score (nSPS) is 27.1. The van der Waals surface area contributed by atoms with Gasteiger partial charge in [0, 0.05) is 31.6 Å². The van der Waals surface area contributed by atoms with E-state index < -0.39 is 69.7 Å². The summed E-state index contributed by atoms with van der Waals surface area (Å²) in [5, 5.41) is 51.1. The molecule has 42 heavy (non-hydrogen) atoms. The highest BCUT2D eigenvalue weighted by Gasteiger charge is 2.63. The van der Waals surface area contributed by atoms with Crippen LogP contribution in [0.25, 0.3) is 0 Å². The van der Waals surface area contributed by atoms with Crippen LogP contribution in [-0.2, 0) is 20.8 Å². The van der Waals surface area contributed by atoms with Gasteiger partial charge in [-0.25, -0.2) is 0 Å². The molecule has 13 nitrogen and oxygen atoms in total. The molecule has 226 valence electrons. The molecule has 0 heterocycles. The van der Waals surface area contributed by atoms with Gasteiger partial charge < -0.3 is 41.7 Å². The van der Waals surface area contributed by atoms with Crippen molar-refractivity contribution in [1.29, 1.82) is 0 Å². The number of nitrogens with two attached hydrogens (primary N) is 1. The number of nitrogens with zero attached hydrogens (tertiary/aromatic N) is 2. The van der Waals surface area contributed by atoms with Gasteiger partial charge in [-0.05, 0) is 51.3 Å². The third-order valence-electron chi connectivity index (χ3n) is 8.64. The molecule has 0 saturated heterocycles. The van der Waals surface area contributed by atoms with Crippen LogP contribution in [0.15, 0.2) is 22.7 Å². The molecule has 0 radical (unpaired) electrons. The summed E-state index contributed by atoms with van der Waals surface area (Å²) < 4.78 is 0. The first-order chi connectivity index (χ1) is 19.6. The van der Waals surface area contributed by atoms with Gasteiger partial charge in [0.05, 0.1) is 28.9 Å². The van der Waals surface area contributed by atoms with Crippen molar-refractivity contribution in [1.82, 2.24) is 10.2 Å². The highest BCUT2D eigenvalue weighted by Crippen LogP contribution is 2.55. The van der Waals surface area contributed by atoms with Crippen LogP contribution < -0.4 is 21.3 Å². The van der Waals surface area contributed by atoms with E-state index in [2.05, 4.69) is 10.6 Å². The number of Topliss-reactive ketones (excluding diaryl/α,β-unsaturated/α-hetero) is 2. The lowest BCUT2D eigenvalue weighted by Crippen LogP contribution is -2.63. The highest BCUT2D eigenvalue weighted by molar-refractivity contribution is 6.38. The number of carbonyl (C=O) groups excluding carboxylic acids is 4. The number of phenolic OH excluding ortho intramolecular Hbond substituents is 1. The number of hydrogen-bond acceptors (Lipinski definition) is 11. The zero-order valence-corrected chi connectivity index (χ0v) is 24.4. The Hall–Kier alpha value is -3.65. The summed E-state index contributed by atoms with van der Waals surface area (Å²) in [5.41, 5.74) is 1.74. The molecular weight excluding hydrogens is 570 g/mol. The van der Waals surface area contributed by atoms with Gasteiger partial charge in [-0.3, -0.25) is 24.1 Å². The van der Waals surface area contributed by atoms with Crippen LogP contribution in [-0.4, -0.2) is 101 Å². The fourth-order valence-electron chi connectivity index (χ4n) is 6.62. The Kier molecular flexibility index (Phi) is 7.29. The minimum Gasteiger partial charge on any atom is -0.510 e. The average molecular weight is 604 g/mol. The van der Waals surface area contributed by atoms with Crippen molar-refractivity contribution in [3.63, 3.8) is 0 Å². The van der Waals surface area contributed by atoms with E-state index in [1.54, 1.807) is 33.1 Å². The van der Waals surface area contributed by atoms with E-state index in [1.165, 1.54) is 4.90 Å². The first kappa shape index (κ1) is 29.8. The second-order valence-electron chi connectivity index (χ2n) is 11.8. The van der Waals surface area contributed by atoms with Crippen molar-refractivity contribution >= 4 is 46.4 Å². The standard InChI is InChI=1S/C28H34ClN5O8/c1-33(2)20-12-7-10-8-13-21(34(3)4)24(38)17(27(30)41)26(40)28(13,42)25(39)15(10)22(36)16(12)23(37)19(18(20)29)32-14(35)9-31-11-5-6-11/h10-11,13,21,31,37-39,42H,5-9H2,1-4H3,(H2,30,41)(H,32,35)/t10?,13?,21-,28-/m0/s1. The Morgan fingerprint density at radius 2 is 1.76 bits per heavy atom. The maximum absolute atomic E-state index is 14.1. The van der Waals surface area contributed by atoms with Gasteiger partial charge in [-0.2, -0.15) is 0 Å². The van der Waals surface area contributed by atoms with Gasteiger partial charge in [0.1, 0.15) is 22.8 Å². The van der Waals surface area contributed by atoms with E-state index in [1.807, 2.05) is 0 Å². The number of anilines is 2. The molecule has 0 bridgehead atoms. The third-order valence-corrected chi connectivity index (χ3v) is 9.01. The summed E-state index contributed by atoms with van der Waals surface area (Å²) in [4.78, 5) is 55.5. The number of halogens is 1. The predicted octanol–water partition coefficient (Wildman–Crippen LogP) is 0.531. The quantitative estimate of drug-likeness (QED) is 0.169. The predicted molar refractivity (Wildman–Crippen MR) is 153 cm³/mol. The van der Waals surface area contributed by atoms with Crippen molar-refractivity contribution in [2.75, 3.05) is 45.0 Å². The van der Waals surface area contributed by atoms with Crippen molar-refractivity contribution < 1.29 is 39.6 Å². The van der Waals surface area contributed by atoms with Crippen molar-refractivity contribution in [2.45, 2.75) is 43.4 Å². The van der Waals surface area contributed by atoms with Crippen LogP contribution in [0.3, 0.4) is 0 Å². The lowest BCUT2D eigenvalue weighted by Gasteiger charge is -2.50. The highest BCUT2D eigenvalue weighted by atomic mass is 35.5. The number of aliphatic hydroxyl groups excluding tert-OH is 2. The summed E-state index contributed by atoms with van der Waals surface area (Å²) in [6.45, 7) is -0.0388. The van der Waals surface area contributed by atoms with E-state index in [0.717, 1.165) is 12.8 Å². The molecule has 1 aromatic carbocycles. The van der Waals surface area contributed by atoms with Gasteiger partial charge in [0.25, 0.3) is 5.91 Å². The third kappa shape index (κ3) is 4.34.